The molecule has 0 aliphatic heterocycles. The van der Waals surface area contributed by atoms with E-state index in [1.807, 2.05) is 33.8 Å². The molecule has 0 aliphatic rings. The molecule has 3 aromatic rings. The minimum Gasteiger partial charge on any atom is -0.497 e. The van der Waals surface area contributed by atoms with E-state index in [-0.39, 0.29) is 23.4 Å². The number of anilines is 1. The van der Waals surface area contributed by atoms with Crippen LogP contribution in [0.1, 0.15) is 38.3 Å². The van der Waals surface area contributed by atoms with Crippen LogP contribution in [0.3, 0.4) is 0 Å². The predicted octanol–water partition coefficient (Wildman–Crippen LogP) is 4.54. The number of aryl methyl sites for hydroxylation is 1. The highest BCUT2D eigenvalue weighted by Crippen LogP contribution is 2.27. The van der Waals surface area contributed by atoms with Crippen LogP contribution in [0.2, 0.25) is 0 Å². The number of hydrogen-bond donors (Lipinski definition) is 1. The molecule has 0 bridgehead atoms. The molecule has 9 nitrogen and oxygen atoms in total. The molecule has 0 aliphatic carbocycles. The number of methoxy groups -OCH3 is 2. The standard InChI is InChI=1S/C31H39N3O6S/c1-7-29(31(36)32-22(2)3)33(20-24-9-8-10-27(19-24)40-6)30(35)21-34(25-13-15-26(39-5)16-14-25)41(37,38)28-17-11-23(4)12-18-28/h8-19,22,29H,7,20-21H2,1-6H3,(H,32,36)/t29-/m0/s1. The van der Waals surface area contributed by atoms with Crippen molar-refractivity contribution in [1.82, 2.24) is 10.2 Å². The van der Waals surface area contributed by atoms with Gasteiger partial charge >= 0.3 is 0 Å². The number of sulfonamides is 1. The van der Waals surface area contributed by atoms with Crippen LogP contribution in [0.15, 0.2) is 77.7 Å². The molecule has 0 unspecified atom stereocenters. The summed E-state index contributed by atoms with van der Waals surface area (Å²) in [6.07, 6.45) is 0.335. The van der Waals surface area contributed by atoms with Crippen LogP contribution in [0.25, 0.3) is 0 Å². The Kier molecular flexibility index (Phi) is 10.8. The van der Waals surface area contributed by atoms with Crippen molar-refractivity contribution in [2.24, 2.45) is 0 Å². The average molecular weight is 582 g/mol. The number of carbonyl (C=O) groups is 2. The summed E-state index contributed by atoms with van der Waals surface area (Å²) in [5, 5.41) is 2.89. The maximum absolute atomic E-state index is 14.1. The van der Waals surface area contributed by atoms with Gasteiger partial charge in [0.1, 0.15) is 24.1 Å². The fourth-order valence-corrected chi connectivity index (χ4v) is 5.80. The van der Waals surface area contributed by atoms with E-state index >= 15 is 0 Å². The summed E-state index contributed by atoms with van der Waals surface area (Å²) in [7, 11) is -1.08. The Bertz CT molecular complexity index is 1420. The van der Waals surface area contributed by atoms with Crippen LogP contribution in [0.5, 0.6) is 11.5 Å². The van der Waals surface area contributed by atoms with Gasteiger partial charge in [0.15, 0.2) is 0 Å². The second kappa shape index (κ2) is 14.0. The van der Waals surface area contributed by atoms with Crippen molar-refractivity contribution in [3.05, 3.63) is 83.9 Å². The number of amides is 2. The smallest absolute Gasteiger partial charge is 0.264 e. The van der Waals surface area contributed by atoms with Crippen LogP contribution in [-0.2, 0) is 26.2 Å². The number of nitrogens with one attached hydrogen (secondary N) is 1. The third kappa shape index (κ3) is 8.00. The van der Waals surface area contributed by atoms with Crippen LogP contribution >= 0.6 is 0 Å². The summed E-state index contributed by atoms with van der Waals surface area (Å²) >= 11 is 0. The first kappa shape index (κ1) is 31.5. The van der Waals surface area contributed by atoms with Crippen molar-refractivity contribution < 1.29 is 27.5 Å². The van der Waals surface area contributed by atoms with Gasteiger partial charge in [-0.3, -0.25) is 13.9 Å². The number of rotatable bonds is 13. The maximum Gasteiger partial charge on any atom is 0.264 e. The van der Waals surface area contributed by atoms with Gasteiger partial charge in [0.25, 0.3) is 10.0 Å². The van der Waals surface area contributed by atoms with E-state index in [9.17, 15) is 18.0 Å². The first-order valence-corrected chi connectivity index (χ1v) is 14.9. The second-order valence-corrected chi connectivity index (χ2v) is 11.8. The molecule has 0 radical (unpaired) electrons. The molecule has 3 aromatic carbocycles. The average Bonchev–Trinajstić information content (AvgIpc) is 2.95. The van der Waals surface area contributed by atoms with E-state index in [2.05, 4.69) is 5.32 Å². The third-order valence-electron chi connectivity index (χ3n) is 6.55. The van der Waals surface area contributed by atoms with Crippen molar-refractivity contribution >= 4 is 27.5 Å². The Balaban J connectivity index is 2.07. The summed E-state index contributed by atoms with van der Waals surface area (Å²) in [6.45, 7) is 6.95. The zero-order valence-electron chi connectivity index (χ0n) is 24.5. The Morgan fingerprint density at radius 1 is 0.902 bits per heavy atom. The Morgan fingerprint density at radius 3 is 2.10 bits per heavy atom. The van der Waals surface area contributed by atoms with Crippen molar-refractivity contribution in [3.8, 4) is 11.5 Å². The van der Waals surface area contributed by atoms with Crippen molar-refractivity contribution in [2.45, 2.75) is 57.6 Å². The van der Waals surface area contributed by atoms with Gasteiger partial charge in [-0.2, -0.15) is 0 Å². The van der Waals surface area contributed by atoms with Crippen LogP contribution in [-0.4, -0.2) is 58.0 Å². The van der Waals surface area contributed by atoms with Crippen molar-refractivity contribution in [2.75, 3.05) is 25.1 Å². The molecule has 0 saturated heterocycles. The lowest BCUT2D eigenvalue weighted by Gasteiger charge is -2.33. The normalized spacial score (nSPS) is 12.0. The van der Waals surface area contributed by atoms with E-state index in [0.717, 1.165) is 15.4 Å². The Morgan fingerprint density at radius 2 is 1.54 bits per heavy atom. The molecule has 0 aromatic heterocycles. The lowest BCUT2D eigenvalue weighted by molar-refractivity contribution is -0.140. The molecule has 2 amide bonds. The van der Waals surface area contributed by atoms with Gasteiger partial charge in [0.2, 0.25) is 11.8 Å². The maximum atomic E-state index is 14.1. The van der Waals surface area contributed by atoms with Gasteiger partial charge in [-0.1, -0.05) is 36.8 Å². The molecule has 10 heteroatoms. The topological polar surface area (TPSA) is 105 Å². The van der Waals surface area contributed by atoms with E-state index in [0.29, 0.717) is 23.6 Å². The molecule has 0 heterocycles. The van der Waals surface area contributed by atoms with Gasteiger partial charge in [0, 0.05) is 12.6 Å². The minimum absolute atomic E-state index is 0.0515. The highest BCUT2D eigenvalue weighted by atomic mass is 32.2. The fraction of sp³-hybridized carbons (Fsp3) is 0.355. The van der Waals surface area contributed by atoms with Gasteiger partial charge in [-0.25, -0.2) is 8.42 Å². The minimum atomic E-state index is -4.15. The lowest BCUT2D eigenvalue weighted by atomic mass is 10.1. The van der Waals surface area contributed by atoms with E-state index in [1.165, 1.54) is 24.1 Å². The summed E-state index contributed by atoms with van der Waals surface area (Å²) < 4.78 is 39.6. The Hall–Kier alpha value is -4.05. The van der Waals surface area contributed by atoms with Crippen molar-refractivity contribution in [3.63, 3.8) is 0 Å². The first-order chi connectivity index (χ1) is 19.5. The number of benzene rings is 3. The van der Waals surface area contributed by atoms with Crippen molar-refractivity contribution in [1.29, 1.82) is 0 Å². The molecule has 0 saturated carbocycles. The second-order valence-electron chi connectivity index (χ2n) is 9.98. The molecule has 41 heavy (non-hydrogen) atoms. The van der Waals surface area contributed by atoms with Crippen LogP contribution in [0.4, 0.5) is 5.69 Å². The summed E-state index contributed by atoms with van der Waals surface area (Å²) in [5.41, 5.74) is 1.94. The third-order valence-corrected chi connectivity index (χ3v) is 8.34. The molecule has 3 rings (SSSR count). The fourth-order valence-electron chi connectivity index (χ4n) is 4.38. The molecule has 220 valence electrons. The predicted molar refractivity (Wildman–Crippen MR) is 160 cm³/mol. The number of nitrogens with zero attached hydrogens (tertiary/aromatic N) is 2. The molecular weight excluding hydrogens is 542 g/mol. The number of carbonyl (C=O) groups excluding carboxylic acids is 2. The monoisotopic (exact) mass is 581 g/mol. The van der Waals surface area contributed by atoms with Gasteiger partial charge in [0.05, 0.1) is 24.8 Å². The summed E-state index contributed by atoms with van der Waals surface area (Å²) in [5.74, 6) is 0.321. The number of hydrogen-bond acceptors (Lipinski definition) is 6. The summed E-state index contributed by atoms with van der Waals surface area (Å²) in [4.78, 5) is 28.9. The van der Waals surface area contributed by atoms with E-state index in [1.54, 1.807) is 61.7 Å². The molecule has 1 atom stereocenters. The molecular formula is C31H39N3O6S. The zero-order chi connectivity index (χ0) is 30.2. The number of ether oxygens (including phenoxy) is 2. The molecule has 0 spiro atoms. The SMILES string of the molecule is CC[C@@H](C(=O)NC(C)C)N(Cc1cccc(OC)c1)C(=O)CN(c1ccc(OC)cc1)S(=O)(=O)c1ccc(C)cc1. The highest BCUT2D eigenvalue weighted by molar-refractivity contribution is 7.92. The van der Waals surface area contributed by atoms with Crippen LogP contribution < -0.4 is 19.1 Å². The van der Waals surface area contributed by atoms with Crippen LogP contribution in [0, 0.1) is 6.92 Å². The van der Waals surface area contributed by atoms with E-state index in [4.69, 9.17) is 9.47 Å². The lowest BCUT2D eigenvalue weighted by Crippen LogP contribution is -2.53. The van der Waals surface area contributed by atoms with E-state index < -0.39 is 28.5 Å². The largest absolute Gasteiger partial charge is 0.497 e. The van der Waals surface area contributed by atoms with Gasteiger partial charge in [-0.15, -0.1) is 0 Å². The molecule has 1 N–H and O–H groups in total. The quantitative estimate of drug-likeness (QED) is 0.318. The van der Waals surface area contributed by atoms with Gasteiger partial charge < -0.3 is 19.7 Å². The zero-order valence-corrected chi connectivity index (χ0v) is 25.3. The highest BCUT2D eigenvalue weighted by Gasteiger charge is 2.34. The summed E-state index contributed by atoms with van der Waals surface area (Å²) in [6, 6.07) is 19.2. The molecule has 0 fully saturated rings. The first-order valence-electron chi connectivity index (χ1n) is 13.5. The Labute approximate surface area is 243 Å². The van der Waals surface area contributed by atoms with Gasteiger partial charge in [-0.05, 0) is 81.3 Å².